The number of benzene rings is 1. The van der Waals surface area contributed by atoms with Crippen molar-refractivity contribution in [2.75, 3.05) is 37.6 Å². The van der Waals surface area contributed by atoms with Crippen LogP contribution in [0.3, 0.4) is 0 Å². The lowest BCUT2D eigenvalue weighted by molar-refractivity contribution is 0.270. The van der Waals surface area contributed by atoms with Crippen LogP contribution in [-0.4, -0.2) is 57.4 Å². The summed E-state index contributed by atoms with van der Waals surface area (Å²) in [4.78, 5) is 26.4. The number of anilines is 1. The number of rotatable bonds is 4. The molecule has 7 heteroatoms. The highest BCUT2D eigenvalue weighted by molar-refractivity contribution is 5.61. The third-order valence-corrected chi connectivity index (χ3v) is 5.34. The van der Waals surface area contributed by atoms with E-state index in [4.69, 9.17) is 4.98 Å². The third-order valence-electron chi connectivity index (χ3n) is 5.34. The summed E-state index contributed by atoms with van der Waals surface area (Å²) in [7, 11) is 0. The first-order chi connectivity index (χ1) is 13.5. The smallest absolute Gasteiger partial charge is 0.271 e. The minimum absolute atomic E-state index is 0.0974. The first kappa shape index (κ1) is 18.4. The molecular weight excluding hydrogens is 352 g/mol. The van der Waals surface area contributed by atoms with Crippen LogP contribution in [0, 0.1) is 13.8 Å². The van der Waals surface area contributed by atoms with Crippen LogP contribution in [0.1, 0.15) is 18.2 Å². The number of nitrogens with one attached hydrogen (secondary N) is 1. The van der Waals surface area contributed by atoms with E-state index in [1.807, 2.05) is 44.3 Å². The van der Waals surface area contributed by atoms with Crippen LogP contribution in [0.25, 0.3) is 16.9 Å². The molecule has 0 amide bonds. The number of hydrogen-bond acceptors (Lipinski definition) is 5. The van der Waals surface area contributed by atoms with Crippen LogP contribution in [0.2, 0.25) is 0 Å². The summed E-state index contributed by atoms with van der Waals surface area (Å²) in [5.74, 6) is 0.762. The molecule has 3 heterocycles. The number of aromatic nitrogens is 4. The lowest BCUT2D eigenvalue weighted by atomic mass is 10.2. The Bertz CT molecular complexity index is 1030. The minimum Gasteiger partial charge on any atom is -0.338 e. The number of nitrogens with zero attached hydrogens (tertiary/aromatic N) is 5. The number of aryl methyl sites for hydroxylation is 2. The molecule has 1 aliphatic heterocycles. The molecule has 0 atom stereocenters. The summed E-state index contributed by atoms with van der Waals surface area (Å²) >= 11 is 0. The van der Waals surface area contributed by atoms with Gasteiger partial charge in [-0.2, -0.15) is 0 Å². The van der Waals surface area contributed by atoms with Crippen molar-refractivity contribution in [3.63, 3.8) is 0 Å². The minimum atomic E-state index is -0.0974. The Balaban J connectivity index is 1.60. The highest BCUT2D eigenvalue weighted by Crippen LogP contribution is 2.22. The quantitative estimate of drug-likeness (QED) is 0.755. The van der Waals surface area contributed by atoms with E-state index in [0.29, 0.717) is 0 Å². The molecule has 0 unspecified atom stereocenters. The maximum absolute atomic E-state index is 12.5. The van der Waals surface area contributed by atoms with Gasteiger partial charge in [-0.05, 0) is 38.1 Å². The number of aromatic amines is 1. The van der Waals surface area contributed by atoms with E-state index in [-0.39, 0.29) is 5.56 Å². The number of hydrogen-bond donors (Lipinski definition) is 1. The molecule has 1 aromatic carbocycles. The van der Waals surface area contributed by atoms with E-state index in [1.54, 1.807) is 10.7 Å². The zero-order valence-electron chi connectivity index (χ0n) is 16.6. The summed E-state index contributed by atoms with van der Waals surface area (Å²) in [5, 5.41) is 3.20. The van der Waals surface area contributed by atoms with Crippen molar-refractivity contribution in [1.82, 2.24) is 24.6 Å². The van der Waals surface area contributed by atoms with Gasteiger partial charge in [-0.3, -0.25) is 9.89 Å². The standard InChI is InChI=1S/C21H26N6O/c1-4-25-8-10-26(11-9-25)21-22-14-18(16(3)23-21)19-13-20(28)27(24-19)17-7-5-6-15(2)12-17/h5-7,12-14,24H,4,8-11H2,1-3H3. The van der Waals surface area contributed by atoms with E-state index in [2.05, 4.69) is 26.8 Å². The fraction of sp³-hybridized carbons (Fsp3) is 0.381. The van der Waals surface area contributed by atoms with Crippen LogP contribution >= 0.6 is 0 Å². The van der Waals surface area contributed by atoms with Crippen molar-refractivity contribution < 1.29 is 0 Å². The predicted octanol–water partition coefficient (Wildman–Crippen LogP) is 2.38. The van der Waals surface area contributed by atoms with Gasteiger partial charge in [-0.25, -0.2) is 14.6 Å². The summed E-state index contributed by atoms with van der Waals surface area (Å²) < 4.78 is 1.56. The van der Waals surface area contributed by atoms with Crippen LogP contribution in [0.4, 0.5) is 5.95 Å². The van der Waals surface area contributed by atoms with Gasteiger partial charge in [-0.1, -0.05) is 19.1 Å². The largest absolute Gasteiger partial charge is 0.338 e. The van der Waals surface area contributed by atoms with E-state index < -0.39 is 0 Å². The molecule has 7 nitrogen and oxygen atoms in total. The van der Waals surface area contributed by atoms with Gasteiger partial charge in [-0.15, -0.1) is 0 Å². The first-order valence-corrected chi connectivity index (χ1v) is 9.75. The average molecular weight is 378 g/mol. The van der Waals surface area contributed by atoms with Crippen LogP contribution in [0.15, 0.2) is 41.3 Å². The molecule has 2 aromatic heterocycles. The third kappa shape index (κ3) is 3.57. The second kappa shape index (κ2) is 7.59. The summed E-state index contributed by atoms with van der Waals surface area (Å²) in [6.45, 7) is 11.2. The lowest BCUT2D eigenvalue weighted by Gasteiger charge is -2.34. The topological polar surface area (TPSA) is 70.0 Å². The normalized spacial score (nSPS) is 15.2. The van der Waals surface area contributed by atoms with Crippen molar-refractivity contribution in [2.24, 2.45) is 0 Å². The Morgan fingerprint density at radius 1 is 1.11 bits per heavy atom. The molecule has 1 fully saturated rings. The Kier molecular flexibility index (Phi) is 5.00. The first-order valence-electron chi connectivity index (χ1n) is 9.75. The molecule has 1 N–H and O–H groups in total. The zero-order chi connectivity index (χ0) is 19.7. The fourth-order valence-corrected chi connectivity index (χ4v) is 3.63. The van der Waals surface area contributed by atoms with Crippen molar-refractivity contribution in [3.8, 4) is 16.9 Å². The van der Waals surface area contributed by atoms with Crippen molar-refractivity contribution in [1.29, 1.82) is 0 Å². The molecule has 0 saturated carbocycles. The summed E-state index contributed by atoms with van der Waals surface area (Å²) in [6.07, 6.45) is 1.82. The molecule has 0 bridgehead atoms. The molecule has 3 aromatic rings. The molecule has 0 aliphatic carbocycles. The number of H-pyrrole nitrogens is 1. The van der Waals surface area contributed by atoms with Gasteiger partial charge in [0.1, 0.15) is 0 Å². The zero-order valence-corrected chi connectivity index (χ0v) is 16.6. The molecule has 146 valence electrons. The summed E-state index contributed by atoms with van der Waals surface area (Å²) in [5.41, 5.74) is 4.26. The fourth-order valence-electron chi connectivity index (χ4n) is 3.63. The van der Waals surface area contributed by atoms with Crippen molar-refractivity contribution in [3.05, 3.63) is 58.1 Å². The molecule has 0 spiro atoms. The maximum atomic E-state index is 12.5. The van der Waals surface area contributed by atoms with Gasteiger partial charge in [0.15, 0.2) is 0 Å². The van der Waals surface area contributed by atoms with Gasteiger partial charge in [0, 0.05) is 44.0 Å². The highest BCUT2D eigenvalue weighted by Gasteiger charge is 2.19. The second-order valence-corrected chi connectivity index (χ2v) is 7.27. The number of piperazine rings is 1. The SMILES string of the molecule is CCN1CCN(c2ncc(-c3cc(=O)n(-c4cccc(C)c4)[nH]3)c(C)n2)CC1. The second-order valence-electron chi connectivity index (χ2n) is 7.27. The Morgan fingerprint density at radius 3 is 2.57 bits per heavy atom. The Labute approximate surface area is 164 Å². The molecule has 1 saturated heterocycles. The maximum Gasteiger partial charge on any atom is 0.271 e. The molecular formula is C21H26N6O. The highest BCUT2D eigenvalue weighted by atomic mass is 16.1. The Morgan fingerprint density at radius 2 is 1.89 bits per heavy atom. The predicted molar refractivity (Wildman–Crippen MR) is 111 cm³/mol. The van der Waals surface area contributed by atoms with Crippen molar-refractivity contribution >= 4 is 5.95 Å². The molecule has 4 rings (SSSR count). The van der Waals surface area contributed by atoms with Gasteiger partial charge < -0.3 is 9.80 Å². The van der Waals surface area contributed by atoms with Crippen LogP contribution in [0.5, 0.6) is 0 Å². The molecule has 28 heavy (non-hydrogen) atoms. The van der Waals surface area contributed by atoms with E-state index in [9.17, 15) is 4.79 Å². The summed E-state index contributed by atoms with van der Waals surface area (Å²) in [6, 6.07) is 9.45. The van der Waals surface area contributed by atoms with Gasteiger partial charge in [0.2, 0.25) is 5.95 Å². The van der Waals surface area contributed by atoms with Crippen molar-refractivity contribution in [2.45, 2.75) is 20.8 Å². The van der Waals surface area contributed by atoms with Crippen LogP contribution in [-0.2, 0) is 0 Å². The van der Waals surface area contributed by atoms with E-state index in [0.717, 1.165) is 66.9 Å². The van der Waals surface area contributed by atoms with Gasteiger partial charge in [0.25, 0.3) is 5.56 Å². The van der Waals surface area contributed by atoms with E-state index >= 15 is 0 Å². The van der Waals surface area contributed by atoms with E-state index in [1.165, 1.54) is 0 Å². The Hall–Kier alpha value is -2.93. The molecule has 1 aliphatic rings. The average Bonchev–Trinajstić information content (AvgIpc) is 3.09. The van der Waals surface area contributed by atoms with Gasteiger partial charge in [0.05, 0.1) is 17.1 Å². The lowest BCUT2D eigenvalue weighted by Crippen LogP contribution is -2.46. The molecule has 0 radical (unpaired) electrons. The number of likely N-dealkylation sites (N-methyl/N-ethyl adjacent to an activating group) is 1. The van der Waals surface area contributed by atoms with Gasteiger partial charge >= 0.3 is 0 Å². The van der Waals surface area contributed by atoms with Crippen LogP contribution < -0.4 is 10.5 Å². The monoisotopic (exact) mass is 378 g/mol.